The number of nitrogens with one attached hydrogen (secondary N) is 1. The predicted octanol–water partition coefficient (Wildman–Crippen LogP) is 5.22. The summed E-state index contributed by atoms with van der Waals surface area (Å²) in [7, 11) is 0. The summed E-state index contributed by atoms with van der Waals surface area (Å²) in [6.45, 7) is 2.65. The van der Waals surface area contributed by atoms with E-state index in [1.165, 1.54) is 30.5 Å². The molecule has 0 radical (unpaired) electrons. The van der Waals surface area contributed by atoms with E-state index in [2.05, 4.69) is 10.5 Å². The van der Waals surface area contributed by atoms with Crippen LogP contribution in [0.2, 0.25) is 5.02 Å². The van der Waals surface area contributed by atoms with Crippen LogP contribution in [-0.2, 0) is 6.61 Å². The van der Waals surface area contributed by atoms with Crippen molar-refractivity contribution in [1.82, 2.24) is 5.43 Å². The number of hydrazone groups is 1. The van der Waals surface area contributed by atoms with Gasteiger partial charge in [-0.2, -0.15) is 5.10 Å². The second-order valence-corrected chi connectivity index (χ2v) is 6.63. The van der Waals surface area contributed by atoms with Crippen LogP contribution < -0.4 is 14.9 Å². The topological polar surface area (TPSA) is 59.9 Å². The number of nitrogens with zero attached hydrogens (tertiary/aromatic N) is 1. The van der Waals surface area contributed by atoms with Crippen molar-refractivity contribution in [1.29, 1.82) is 0 Å². The van der Waals surface area contributed by atoms with Crippen LogP contribution in [0.3, 0.4) is 0 Å². The zero-order valence-electron chi connectivity index (χ0n) is 16.3. The molecule has 0 spiro atoms. The molecule has 3 rings (SSSR count). The Labute approximate surface area is 179 Å². The molecule has 0 saturated heterocycles. The summed E-state index contributed by atoms with van der Waals surface area (Å²) in [6.07, 6.45) is 1.49. The molecular weight excluding hydrogens is 407 g/mol. The van der Waals surface area contributed by atoms with Gasteiger partial charge in [-0.15, -0.1) is 0 Å². The van der Waals surface area contributed by atoms with Crippen molar-refractivity contribution < 1.29 is 18.7 Å². The number of rotatable bonds is 8. The van der Waals surface area contributed by atoms with Crippen molar-refractivity contribution >= 4 is 23.7 Å². The second kappa shape index (κ2) is 10.4. The molecule has 1 amide bonds. The first-order chi connectivity index (χ1) is 14.6. The average Bonchev–Trinajstić information content (AvgIpc) is 2.75. The van der Waals surface area contributed by atoms with Crippen molar-refractivity contribution in [2.24, 2.45) is 5.10 Å². The summed E-state index contributed by atoms with van der Waals surface area (Å²) in [4.78, 5) is 12.0. The highest BCUT2D eigenvalue weighted by molar-refractivity contribution is 6.31. The molecule has 3 aromatic carbocycles. The van der Waals surface area contributed by atoms with Gasteiger partial charge in [0.15, 0.2) is 11.5 Å². The van der Waals surface area contributed by atoms with Gasteiger partial charge in [-0.1, -0.05) is 29.8 Å². The first-order valence-corrected chi connectivity index (χ1v) is 9.66. The fourth-order valence-electron chi connectivity index (χ4n) is 2.59. The first kappa shape index (κ1) is 21.3. The maximum Gasteiger partial charge on any atom is 0.271 e. The minimum atomic E-state index is -0.434. The summed E-state index contributed by atoms with van der Waals surface area (Å²) in [6, 6.07) is 18.0. The lowest BCUT2D eigenvalue weighted by molar-refractivity contribution is 0.0955. The Bertz CT molecular complexity index is 1040. The normalized spacial score (nSPS) is 10.8. The number of carbonyl (C=O) groups is 1. The van der Waals surface area contributed by atoms with E-state index in [0.29, 0.717) is 40.9 Å². The smallest absolute Gasteiger partial charge is 0.271 e. The van der Waals surface area contributed by atoms with Gasteiger partial charge in [-0.3, -0.25) is 4.79 Å². The summed E-state index contributed by atoms with van der Waals surface area (Å²) in [5.74, 6) is 0.286. The number of hydrogen-bond donors (Lipinski definition) is 1. The molecule has 0 saturated carbocycles. The van der Waals surface area contributed by atoms with Crippen molar-refractivity contribution in [2.45, 2.75) is 13.5 Å². The Morgan fingerprint density at radius 3 is 2.57 bits per heavy atom. The standard InChI is InChI=1S/C23H20ClFN2O3/c1-2-29-22-13-16(14-26-27-23(28)17-8-10-19(25)11-9-17)7-12-21(22)30-15-18-5-3-4-6-20(18)24/h3-14H,2,15H2,1H3,(H,27,28)/b26-14-. The van der Waals surface area contributed by atoms with Gasteiger partial charge in [0.1, 0.15) is 12.4 Å². The van der Waals surface area contributed by atoms with E-state index in [1.54, 1.807) is 18.2 Å². The molecule has 0 aliphatic carbocycles. The lowest BCUT2D eigenvalue weighted by Crippen LogP contribution is -2.17. The van der Waals surface area contributed by atoms with E-state index < -0.39 is 11.7 Å². The van der Waals surface area contributed by atoms with Crippen LogP contribution in [0.4, 0.5) is 4.39 Å². The van der Waals surface area contributed by atoms with Gasteiger partial charge in [0.2, 0.25) is 0 Å². The molecule has 30 heavy (non-hydrogen) atoms. The predicted molar refractivity (Wildman–Crippen MR) is 115 cm³/mol. The third-order valence-electron chi connectivity index (χ3n) is 4.09. The average molecular weight is 427 g/mol. The largest absolute Gasteiger partial charge is 0.490 e. The molecule has 0 bridgehead atoms. The highest BCUT2D eigenvalue weighted by Gasteiger charge is 2.08. The van der Waals surface area contributed by atoms with Crippen molar-refractivity contribution in [3.63, 3.8) is 0 Å². The van der Waals surface area contributed by atoms with Crippen LogP contribution in [0, 0.1) is 5.82 Å². The fourth-order valence-corrected chi connectivity index (χ4v) is 2.78. The number of benzene rings is 3. The Kier molecular flexibility index (Phi) is 7.40. The third-order valence-corrected chi connectivity index (χ3v) is 4.46. The number of amides is 1. The van der Waals surface area contributed by atoms with Gasteiger partial charge >= 0.3 is 0 Å². The lowest BCUT2D eigenvalue weighted by Gasteiger charge is -2.13. The zero-order valence-corrected chi connectivity index (χ0v) is 17.0. The van der Waals surface area contributed by atoms with E-state index in [1.807, 2.05) is 31.2 Å². The quantitative estimate of drug-likeness (QED) is 0.397. The van der Waals surface area contributed by atoms with E-state index in [4.69, 9.17) is 21.1 Å². The van der Waals surface area contributed by atoms with E-state index in [9.17, 15) is 9.18 Å². The zero-order chi connectivity index (χ0) is 21.3. The maximum absolute atomic E-state index is 12.9. The van der Waals surface area contributed by atoms with Crippen molar-refractivity contribution in [3.05, 3.63) is 94.3 Å². The van der Waals surface area contributed by atoms with Crippen molar-refractivity contribution in [2.75, 3.05) is 6.61 Å². The van der Waals surface area contributed by atoms with Crippen LogP contribution in [0.5, 0.6) is 11.5 Å². The molecule has 0 fully saturated rings. The van der Waals surface area contributed by atoms with E-state index >= 15 is 0 Å². The molecular formula is C23H20ClFN2O3. The Balaban J connectivity index is 1.66. The van der Waals surface area contributed by atoms with Crippen LogP contribution >= 0.6 is 11.6 Å². The summed E-state index contributed by atoms with van der Waals surface area (Å²) < 4.78 is 24.5. The number of ether oxygens (including phenoxy) is 2. The molecule has 0 aliphatic heterocycles. The van der Waals surface area contributed by atoms with Gasteiger partial charge < -0.3 is 9.47 Å². The fraction of sp³-hybridized carbons (Fsp3) is 0.130. The Hall–Kier alpha value is -3.38. The number of carbonyl (C=O) groups excluding carboxylic acids is 1. The van der Waals surface area contributed by atoms with Gasteiger partial charge in [0, 0.05) is 16.1 Å². The molecule has 0 unspecified atom stereocenters. The number of halogens is 2. The molecule has 0 aromatic heterocycles. The van der Waals surface area contributed by atoms with Gasteiger partial charge in [-0.05, 0) is 61.0 Å². The molecule has 3 aromatic rings. The molecule has 5 nitrogen and oxygen atoms in total. The third kappa shape index (κ3) is 5.81. The maximum atomic E-state index is 12.9. The summed E-state index contributed by atoms with van der Waals surface area (Å²) >= 11 is 6.17. The highest BCUT2D eigenvalue weighted by atomic mass is 35.5. The van der Waals surface area contributed by atoms with Crippen LogP contribution in [0.15, 0.2) is 71.8 Å². The molecule has 0 aliphatic rings. The van der Waals surface area contributed by atoms with Crippen LogP contribution in [-0.4, -0.2) is 18.7 Å². The summed E-state index contributed by atoms with van der Waals surface area (Å²) in [5, 5.41) is 4.58. The monoisotopic (exact) mass is 426 g/mol. The molecule has 7 heteroatoms. The van der Waals surface area contributed by atoms with Crippen molar-refractivity contribution in [3.8, 4) is 11.5 Å². The second-order valence-electron chi connectivity index (χ2n) is 6.23. The Morgan fingerprint density at radius 2 is 1.83 bits per heavy atom. The minimum Gasteiger partial charge on any atom is -0.490 e. The van der Waals surface area contributed by atoms with Gasteiger partial charge in [0.05, 0.1) is 12.8 Å². The Morgan fingerprint density at radius 1 is 1.07 bits per heavy atom. The molecule has 154 valence electrons. The van der Waals surface area contributed by atoms with Gasteiger partial charge in [0.25, 0.3) is 5.91 Å². The number of hydrogen-bond acceptors (Lipinski definition) is 4. The van der Waals surface area contributed by atoms with E-state index in [-0.39, 0.29) is 0 Å². The minimum absolute atomic E-state index is 0.306. The molecule has 0 atom stereocenters. The highest BCUT2D eigenvalue weighted by Crippen LogP contribution is 2.29. The first-order valence-electron chi connectivity index (χ1n) is 9.29. The van der Waals surface area contributed by atoms with Gasteiger partial charge in [-0.25, -0.2) is 9.82 Å². The molecule has 0 heterocycles. The molecule has 1 N–H and O–H groups in total. The van der Waals surface area contributed by atoms with Crippen LogP contribution in [0.1, 0.15) is 28.4 Å². The summed E-state index contributed by atoms with van der Waals surface area (Å²) in [5.41, 5.74) is 4.30. The van der Waals surface area contributed by atoms with Crippen LogP contribution in [0.25, 0.3) is 0 Å². The SMILES string of the molecule is CCOc1cc(/C=N\NC(=O)c2ccc(F)cc2)ccc1OCc1ccccc1Cl. The lowest BCUT2D eigenvalue weighted by atomic mass is 10.2. The van der Waals surface area contributed by atoms with E-state index in [0.717, 1.165) is 5.56 Å².